The second-order valence-corrected chi connectivity index (χ2v) is 6.66. The van der Waals surface area contributed by atoms with Gasteiger partial charge >= 0.3 is 5.69 Å². The first-order chi connectivity index (χ1) is 13.0. The van der Waals surface area contributed by atoms with Crippen LogP contribution in [-0.4, -0.2) is 53.4 Å². The lowest BCUT2D eigenvalue weighted by Crippen LogP contribution is -2.49. The Bertz CT molecular complexity index is 802. The topological polar surface area (TPSA) is 75.9 Å². The third-order valence-electron chi connectivity index (χ3n) is 4.64. The minimum atomic E-state index is -0.491. The first-order valence-corrected chi connectivity index (χ1v) is 8.95. The average Bonchev–Trinajstić information content (AvgIpc) is 2.68. The van der Waals surface area contributed by atoms with Gasteiger partial charge in [0.25, 0.3) is 5.91 Å². The van der Waals surface area contributed by atoms with Crippen molar-refractivity contribution in [1.82, 2.24) is 9.80 Å². The van der Waals surface area contributed by atoms with E-state index < -0.39 is 4.92 Å². The first kappa shape index (κ1) is 18.8. The highest BCUT2D eigenvalue weighted by molar-refractivity contribution is 5.78. The predicted octanol–water partition coefficient (Wildman–Crippen LogP) is 2.63. The molecule has 1 heterocycles. The Balaban J connectivity index is 1.49. The third kappa shape index (κ3) is 5.04. The number of nitro groups is 1. The zero-order valence-corrected chi connectivity index (χ0v) is 15.3. The van der Waals surface area contributed by atoms with Crippen LogP contribution >= 0.6 is 0 Å². The Kier molecular flexibility index (Phi) is 6.03. The molecule has 0 radical (unpaired) electrons. The van der Waals surface area contributed by atoms with Gasteiger partial charge in [0.1, 0.15) is 0 Å². The number of rotatable bonds is 6. The molecule has 7 nitrogen and oxygen atoms in total. The van der Waals surface area contributed by atoms with E-state index in [9.17, 15) is 14.9 Å². The number of nitro benzene ring substituents is 1. The molecule has 7 heteroatoms. The summed E-state index contributed by atoms with van der Waals surface area (Å²) in [7, 11) is 0. The summed E-state index contributed by atoms with van der Waals surface area (Å²) >= 11 is 0. The number of aryl methyl sites for hydroxylation is 1. The van der Waals surface area contributed by atoms with Crippen LogP contribution in [0.4, 0.5) is 5.69 Å². The molecule has 0 aromatic heterocycles. The Hall–Kier alpha value is -2.93. The van der Waals surface area contributed by atoms with Gasteiger partial charge in [0.2, 0.25) is 0 Å². The van der Waals surface area contributed by atoms with Gasteiger partial charge in [-0.15, -0.1) is 0 Å². The van der Waals surface area contributed by atoms with Gasteiger partial charge < -0.3 is 9.64 Å². The Morgan fingerprint density at radius 1 is 1.11 bits per heavy atom. The number of carbonyl (C=O) groups excluding carboxylic acids is 1. The standard InChI is InChI=1S/C20H23N3O4/c1-16-7-8-19(18(13-16)23(25)26)27-15-20(24)22-11-9-21(10-12-22)14-17-5-3-2-4-6-17/h2-8,13H,9-12,14-15H2,1H3. The van der Waals surface area contributed by atoms with Crippen molar-refractivity contribution in [1.29, 1.82) is 0 Å². The molecule has 1 saturated heterocycles. The summed E-state index contributed by atoms with van der Waals surface area (Å²) in [6, 6.07) is 15.0. The maximum atomic E-state index is 12.4. The second kappa shape index (κ2) is 8.64. The highest BCUT2D eigenvalue weighted by atomic mass is 16.6. The quantitative estimate of drug-likeness (QED) is 0.578. The van der Waals surface area contributed by atoms with Crippen molar-refractivity contribution in [2.75, 3.05) is 32.8 Å². The summed E-state index contributed by atoms with van der Waals surface area (Å²) in [5, 5.41) is 11.1. The van der Waals surface area contributed by atoms with E-state index in [1.165, 1.54) is 11.6 Å². The Morgan fingerprint density at radius 3 is 2.48 bits per heavy atom. The minimum Gasteiger partial charge on any atom is -0.477 e. The van der Waals surface area contributed by atoms with Gasteiger partial charge in [0.05, 0.1) is 4.92 Å². The third-order valence-corrected chi connectivity index (χ3v) is 4.64. The fourth-order valence-electron chi connectivity index (χ4n) is 3.12. The van der Waals surface area contributed by atoms with Crippen molar-refractivity contribution in [3.8, 4) is 5.75 Å². The number of carbonyl (C=O) groups is 1. The van der Waals surface area contributed by atoms with Crippen LogP contribution in [0.2, 0.25) is 0 Å². The van der Waals surface area contributed by atoms with Crippen molar-refractivity contribution in [3.63, 3.8) is 0 Å². The molecule has 0 unspecified atom stereocenters. The predicted molar refractivity (Wildman–Crippen MR) is 102 cm³/mol. The lowest BCUT2D eigenvalue weighted by molar-refractivity contribution is -0.385. The fourth-order valence-corrected chi connectivity index (χ4v) is 3.12. The van der Waals surface area contributed by atoms with Crippen LogP contribution in [0.25, 0.3) is 0 Å². The van der Waals surface area contributed by atoms with Gasteiger partial charge in [-0.25, -0.2) is 0 Å². The lowest BCUT2D eigenvalue weighted by atomic mass is 10.2. The van der Waals surface area contributed by atoms with Crippen molar-refractivity contribution in [2.24, 2.45) is 0 Å². The van der Waals surface area contributed by atoms with E-state index in [1.54, 1.807) is 24.0 Å². The molecule has 1 amide bonds. The van der Waals surface area contributed by atoms with Gasteiger partial charge in [-0.3, -0.25) is 19.8 Å². The second-order valence-electron chi connectivity index (χ2n) is 6.66. The summed E-state index contributed by atoms with van der Waals surface area (Å²) in [5.74, 6) is -0.0223. The molecule has 0 saturated carbocycles. The molecule has 1 aliphatic heterocycles. The number of nitrogens with zero attached hydrogens (tertiary/aromatic N) is 3. The van der Waals surface area contributed by atoms with Crippen molar-refractivity contribution in [2.45, 2.75) is 13.5 Å². The van der Waals surface area contributed by atoms with Gasteiger partial charge in [0.15, 0.2) is 12.4 Å². The molecule has 0 aliphatic carbocycles. The van der Waals surface area contributed by atoms with Crippen molar-refractivity contribution < 1.29 is 14.5 Å². The van der Waals surface area contributed by atoms with E-state index >= 15 is 0 Å². The molecule has 0 N–H and O–H groups in total. The lowest BCUT2D eigenvalue weighted by Gasteiger charge is -2.34. The van der Waals surface area contributed by atoms with Crippen LogP contribution in [0.15, 0.2) is 48.5 Å². The van der Waals surface area contributed by atoms with Crippen LogP contribution in [0, 0.1) is 17.0 Å². The van der Waals surface area contributed by atoms with Crippen molar-refractivity contribution in [3.05, 3.63) is 69.8 Å². The molecule has 142 valence electrons. The van der Waals surface area contributed by atoms with Gasteiger partial charge in [-0.1, -0.05) is 36.4 Å². The molecule has 2 aromatic carbocycles. The normalized spacial score (nSPS) is 14.8. The van der Waals surface area contributed by atoms with Gasteiger partial charge in [-0.2, -0.15) is 0 Å². The maximum absolute atomic E-state index is 12.4. The number of piperazine rings is 1. The largest absolute Gasteiger partial charge is 0.477 e. The Labute approximate surface area is 158 Å². The highest BCUT2D eigenvalue weighted by Gasteiger charge is 2.23. The smallest absolute Gasteiger partial charge is 0.311 e. The molecule has 3 rings (SSSR count). The highest BCUT2D eigenvalue weighted by Crippen LogP contribution is 2.27. The van der Waals surface area contributed by atoms with Gasteiger partial charge in [0, 0.05) is 38.8 Å². The molecule has 27 heavy (non-hydrogen) atoms. The van der Waals surface area contributed by atoms with E-state index in [2.05, 4.69) is 17.0 Å². The SMILES string of the molecule is Cc1ccc(OCC(=O)N2CCN(Cc3ccccc3)CC2)c([N+](=O)[O-])c1. The summed E-state index contributed by atoms with van der Waals surface area (Å²) in [6.07, 6.45) is 0. The average molecular weight is 369 g/mol. The molecule has 0 bridgehead atoms. The number of ether oxygens (including phenoxy) is 1. The fraction of sp³-hybridized carbons (Fsp3) is 0.350. The van der Waals surface area contributed by atoms with E-state index in [0.29, 0.717) is 13.1 Å². The number of hydrogen-bond donors (Lipinski definition) is 0. The van der Waals surface area contributed by atoms with E-state index in [-0.39, 0.29) is 24.0 Å². The van der Waals surface area contributed by atoms with Crippen LogP contribution in [0.1, 0.15) is 11.1 Å². The number of amides is 1. The molecular weight excluding hydrogens is 346 g/mol. The number of hydrogen-bond acceptors (Lipinski definition) is 5. The van der Waals surface area contributed by atoms with E-state index in [1.807, 2.05) is 18.2 Å². The maximum Gasteiger partial charge on any atom is 0.311 e. The Morgan fingerprint density at radius 2 is 1.81 bits per heavy atom. The molecule has 2 aromatic rings. The molecule has 1 aliphatic rings. The van der Waals surface area contributed by atoms with Crippen LogP contribution in [0.5, 0.6) is 5.75 Å². The monoisotopic (exact) mass is 369 g/mol. The molecule has 1 fully saturated rings. The zero-order chi connectivity index (χ0) is 19.2. The van der Waals surface area contributed by atoms with Crippen molar-refractivity contribution >= 4 is 11.6 Å². The molecular formula is C20H23N3O4. The summed E-state index contributed by atoms with van der Waals surface area (Å²) < 4.78 is 5.44. The van der Waals surface area contributed by atoms with Crippen LogP contribution < -0.4 is 4.74 Å². The molecule has 0 spiro atoms. The number of benzene rings is 2. The minimum absolute atomic E-state index is 0.115. The van der Waals surface area contributed by atoms with E-state index in [4.69, 9.17) is 4.74 Å². The van der Waals surface area contributed by atoms with E-state index in [0.717, 1.165) is 25.2 Å². The molecule has 0 atom stereocenters. The first-order valence-electron chi connectivity index (χ1n) is 8.95. The van der Waals surface area contributed by atoms with Crippen LogP contribution in [0.3, 0.4) is 0 Å². The van der Waals surface area contributed by atoms with Crippen LogP contribution in [-0.2, 0) is 11.3 Å². The summed E-state index contributed by atoms with van der Waals surface area (Å²) in [4.78, 5) is 27.1. The summed E-state index contributed by atoms with van der Waals surface area (Å²) in [6.45, 7) is 5.31. The summed E-state index contributed by atoms with van der Waals surface area (Å²) in [5.41, 5.74) is 1.91. The zero-order valence-electron chi connectivity index (χ0n) is 15.3. The van der Waals surface area contributed by atoms with Gasteiger partial charge in [-0.05, 0) is 24.1 Å².